The first-order valence-electron chi connectivity index (χ1n) is 8.33. The first kappa shape index (κ1) is 16.2. The molecule has 0 aromatic carbocycles. The van der Waals surface area contributed by atoms with Crippen molar-refractivity contribution in [3.63, 3.8) is 0 Å². The molecule has 2 atom stereocenters. The molecule has 0 aromatic rings. The molecule has 0 saturated carbocycles. The first-order valence-corrected chi connectivity index (χ1v) is 8.33. The number of hydrogen-bond donors (Lipinski definition) is 1. The van der Waals surface area contributed by atoms with Crippen LogP contribution in [0.25, 0.3) is 0 Å². The van der Waals surface area contributed by atoms with Crippen LogP contribution in [0.15, 0.2) is 0 Å². The van der Waals surface area contributed by atoms with Gasteiger partial charge in [0.1, 0.15) is 0 Å². The summed E-state index contributed by atoms with van der Waals surface area (Å²) in [6.45, 7) is 11.0. The molecule has 2 aliphatic heterocycles. The van der Waals surface area contributed by atoms with Crippen molar-refractivity contribution in [2.75, 3.05) is 46.4 Å². The average molecular weight is 283 g/mol. The van der Waals surface area contributed by atoms with Gasteiger partial charge in [-0.15, -0.1) is 0 Å². The monoisotopic (exact) mass is 283 g/mol. The Labute approximate surface area is 124 Å². The van der Waals surface area contributed by atoms with E-state index in [1.54, 1.807) is 0 Å². The highest BCUT2D eigenvalue weighted by Crippen LogP contribution is 2.32. The van der Waals surface area contributed by atoms with Gasteiger partial charge < -0.3 is 15.4 Å². The number of rotatable bonds is 6. The van der Waals surface area contributed by atoms with E-state index in [0.717, 1.165) is 32.5 Å². The van der Waals surface area contributed by atoms with E-state index in [0.29, 0.717) is 12.0 Å². The van der Waals surface area contributed by atoms with Crippen LogP contribution in [0.4, 0.5) is 0 Å². The van der Waals surface area contributed by atoms with Crippen LogP contribution in [0.2, 0.25) is 0 Å². The van der Waals surface area contributed by atoms with E-state index in [4.69, 9.17) is 10.5 Å². The summed E-state index contributed by atoms with van der Waals surface area (Å²) in [7, 11) is 2.26. The summed E-state index contributed by atoms with van der Waals surface area (Å²) in [6.07, 6.45) is 5.26. The summed E-state index contributed by atoms with van der Waals surface area (Å²) in [5.74, 6) is 0.577. The van der Waals surface area contributed by atoms with E-state index in [9.17, 15) is 0 Å². The number of likely N-dealkylation sites (tertiary alicyclic amines) is 1. The van der Waals surface area contributed by atoms with Crippen molar-refractivity contribution < 1.29 is 4.74 Å². The predicted octanol–water partition coefficient (Wildman–Crippen LogP) is 1.55. The lowest BCUT2D eigenvalue weighted by molar-refractivity contribution is -0.0822. The molecule has 2 rings (SSSR count). The zero-order chi connectivity index (χ0) is 14.6. The largest absolute Gasteiger partial charge is 0.378 e. The van der Waals surface area contributed by atoms with Gasteiger partial charge >= 0.3 is 0 Å². The Morgan fingerprint density at radius 2 is 2.05 bits per heavy atom. The highest BCUT2D eigenvalue weighted by molar-refractivity contribution is 4.96. The number of nitrogens with two attached hydrogens (primary N) is 1. The van der Waals surface area contributed by atoms with E-state index < -0.39 is 0 Å². The van der Waals surface area contributed by atoms with Gasteiger partial charge in [0.2, 0.25) is 0 Å². The maximum Gasteiger partial charge on any atom is 0.0616 e. The molecule has 4 nitrogen and oxygen atoms in total. The van der Waals surface area contributed by atoms with Crippen molar-refractivity contribution in [1.82, 2.24) is 9.80 Å². The minimum atomic E-state index is 0.146. The molecule has 0 aliphatic carbocycles. The number of nitrogens with zero attached hydrogens (tertiary/aromatic N) is 2. The molecular weight excluding hydrogens is 250 g/mol. The summed E-state index contributed by atoms with van der Waals surface area (Å²) in [5.41, 5.74) is 6.32. The third-order valence-electron chi connectivity index (χ3n) is 5.36. The van der Waals surface area contributed by atoms with Gasteiger partial charge in [-0.05, 0) is 51.7 Å². The molecule has 4 heteroatoms. The maximum absolute atomic E-state index is 6.17. The van der Waals surface area contributed by atoms with Crippen LogP contribution in [-0.2, 0) is 4.74 Å². The molecule has 2 aliphatic rings. The van der Waals surface area contributed by atoms with Gasteiger partial charge in [-0.2, -0.15) is 0 Å². The molecule has 118 valence electrons. The fraction of sp³-hybridized carbons (Fsp3) is 1.00. The molecule has 0 radical (unpaired) electrons. The second kappa shape index (κ2) is 7.21. The molecule has 2 N–H and O–H groups in total. The molecule has 2 heterocycles. The van der Waals surface area contributed by atoms with Crippen molar-refractivity contribution in [1.29, 1.82) is 0 Å². The van der Waals surface area contributed by atoms with E-state index in [1.807, 2.05) is 0 Å². The van der Waals surface area contributed by atoms with Crippen LogP contribution >= 0.6 is 0 Å². The second-order valence-electron chi connectivity index (χ2n) is 7.01. The Morgan fingerprint density at radius 1 is 1.35 bits per heavy atom. The van der Waals surface area contributed by atoms with Crippen LogP contribution < -0.4 is 5.73 Å². The highest BCUT2D eigenvalue weighted by Gasteiger charge is 2.40. The first-order chi connectivity index (χ1) is 9.57. The molecule has 0 aromatic heterocycles. The highest BCUT2D eigenvalue weighted by atomic mass is 16.5. The summed E-state index contributed by atoms with van der Waals surface area (Å²) in [5, 5.41) is 0. The molecular formula is C16H33N3O. The fourth-order valence-electron chi connectivity index (χ4n) is 3.59. The summed E-state index contributed by atoms with van der Waals surface area (Å²) < 4.78 is 5.93. The zero-order valence-corrected chi connectivity index (χ0v) is 13.6. The predicted molar refractivity (Wildman–Crippen MR) is 83.9 cm³/mol. The Hall–Kier alpha value is -0.160. The SMILES string of the molecule is CC(C)C1CC(CN)(N(C)CCN2CCCC2)CCO1. The Bertz CT molecular complexity index is 291. The minimum Gasteiger partial charge on any atom is -0.378 e. The van der Waals surface area contributed by atoms with Gasteiger partial charge in [-0.3, -0.25) is 4.90 Å². The second-order valence-corrected chi connectivity index (χ2v) is 7.01. The lowest BCUT2D eigenvalue weighted by Crippen LogP contribution is -2.58. The molecule has 2 unspecified atom stereocenters. The lowest BCUT2D eigenvalue weighted by atomic mass is 9.82. The van der Waals surface area contributed by atoms with Gasteiger partial charge in [0.25, 0.3) is 0 Å². The van der Waals surface area contributed by atoms with Gasteiger partial charge in [0.05, 0.1) is 6.10 Å². The number of ether oxygens (including phenoxy) is 1. The summed E-state index contributed by atoms with van der Waals surface area (Å²) >= 11 is 0. The van der Waals surface area contributed by atoms with Gasteiger partial charge in [0.15, 0.2) is 0 Å². The topological polar surface area (TPSA) is 41.7 Å². The molecule has 0 bridgehead atoms. The van der Waals surface area contributed by atoms with Crippen LogP contribution in [0, 0.1) is 5.92 Å². The average Bonchev–Trinajstić information content (AvgIpc) is 2.98. The Balaban J connectivity index is 1.90. The number of likely N-dealkylation sites (N-methyl/N-ethyl adjacent to an activating group) is 1. The van der Waals surface area contributed by atoms with Gasteiger partial charge in [-0.1, -0.05) is 13.8 Å². The lowest BCUT2D eigenvalue weighted by Gasteiger charge is -2.47. The van der Waals surface area contributed by atoms with Crippen molar-refractivity contribution in [3.05, 3.63) is 0 Å². The van der Waals surface area contributed by atoms with Gasteiger partial charge in [-0.25, -0.2) is 0 Å². The van der Waals surface area contributed by atoms with Crippen molar-refractivity contribution in [3.8, 4) is 0 Å². The van der Waals surface area contributed by atoms with E-state index in [-0.39, 0.29) is 5.54 Å². The van der Waals surface area contributed by atoms with Crippen LogP contribution in [0.3, 0.4) is 0 Å². The standard InChI is InChI=1S/C16H33N3O/c1-14(2)15-12-16(13-17,6-11-20-15)18(3)9-10-19-7-4-5-8-19/h14-15H,4-13,17H2,1-3H3. The van der Waals surface area contributed by atoms with E-state index >= 15 is 0 Å². The molecule has 2 saturated heterocycles. The van der Waals surface area contributed by atoms with E-state index in [1.165, 1.54) is 32.5 Å². The van der Waals surface area contributed by atoms with Crippen molar-refractivity contribution in [2.24, 2.45) is 11.7 Å². The molecule has 0 spiro atoms. The summed E-state index contributed by atoms with van der Waals surface area (Å²) in [6, 6.07) is 0. The Kier molecular flexibility index (Phi) is 5.84. The smallest absolute Gasteiger partial charge is 0.0616 e. The fourth-order valence-corrected chi connectivity index (χ4v) is 3.59. The Morgan fingerprint density at radius 3 is 2.65 bits per heavy atom. The zero-order valence-electron chi connectivity index (χ0n) is 13.6. The normalized spacial score (nSPS) is 32.4. The number of hydrogen-bond acceptors (Lipinski definition) is 4. The summed E-state index contributed by atoms with van der Waals surface area (Å²) in [4.78, 5) is 5.10. The minimum absolute atomic E-state index is 0.146. The molecule has 20 heavy (non-hydrogen) atoms. The maximum atomic E-state index is 6.17. The van der Waals surface area contributed by atoms with Crippen molar-refractivity contribution in [2.45, 2.75) is 51.2 Å². The van der Waals surface area contributed by atoms with Crippen molar-refractivity contribution >= 4 is 0 Å². The van der Waals surface area contributed by atoms with Crippen LogP contribution in [0.1, 0.15) is 39.5 Å². The quantitative estimate of drug-likeness (QED) is 0.803. The molecule has 2 fully saturated rings. The van der Waals surface area contributed by atoms with Crippen LogP contribution in [-0.4, -0.2) is 67.8 Å². The van der Waals surface area contributed by atoms with E-state index in [2.05, 4.69) is 30.7 Å². The third-order valence-corrected chi connectivity index (χ3v) is 5.36. The third kappa shape index (κ3) is 3.73. The van der Waals surface area contributed by atoms with Gasteiger partial charge in [0, 0.05) is 31.8 Å². The van der Waals surface area contributed by atoms with Crippen LogP contribution in [0.5, 0.6) is 0 Å². The molecule has 0 amide bonds.